The van der Waals surface area contributed by atoms with Crippen molar-refractivity contribution in [2.24, 2.45) is 0 Å². The second kappa shape index (κ2) is 7.17. The summed E-state index contributed by atoms with van der Waals surface area (Å²) in [5.74, 6) is 0. The number of rotatable bonds is 6. The highest BCUT2D eigenvalue weighted by atomic mass is 16.7. The summed E-state index contributed by atoms with van der Waals surface area (Å²) >= 11 is 0. The molecule has 0 N–H and O–H groups in total. The molecule has 0 spiro atoms. The Morgan fingerprint density at radius 1 is 0.933 bits per heavy atom. The fourth-order valence-electron chi connectivity index (χ4n) is 1.78. The van der Waals surface area contributed by atoms with Gasteiger partial charge >= 0.3 is 0 Å². The maximum atomic E-state index is 5.64. The van der Waals surface area contributed by atoms with Crippen LogP contribution in [0.2, 0.25) is 0 Å². The van der Waals surface area contributed by atoms with Crippen molar-refractivity contribution in [1.29, 1.82) is 0 Å². The first kappa shape index (κ1) is 12.9. The lowest BCUT2D eigenvalue weighted by molar-refractivity contribution is -0.231. The molecule has 1 unspecified atom stereocenters. The molecule has 0 saturated carbocycles. The lowest BCUT2D eigenvalue weighted by Gasteiger charge is -2.35. The van der Waals surface area contributed by atoms with Gasteiger partial charge in [-0.25, -0.2) is 0 Å². The standard InChI is InChI=1S/C11H22O4/c1-4-12-9-7-11(14-6-3)15-8-10(9)13-5-2/h9-11H,4-8H2,1-3H3/t9-,10-,11?/m1/s1. The minimum atomic E-state index is -0.136. The molecule has 1 aliphatic rings. The lowest BCUT2D eigenvalue weighted by Crippen LogP contribution is -2.45. The van der Waals surface area contributed by atoms with Crippen LogP contribution in [-0.2, 0) is 18.9 Å². The van der Waals surface area contributed by atoms with Crippen LogP contribution in [0, 0.1) is 0 Å². The normalized spacial score (nSPS) is 31.8. The Morgan fingerprint density at radius 2 is 1.53 bits per heavy atom. The quantitative estimate of drug-likeness (QED) is 0.678. The maximum Gasteiger partial charge on any atom is 0.160 e. The van der Waals surface area contributed by atoms with E-state index >= 15 is 0 Å². The van der Waals surface area contributed by atoms with E-state index in [-0.39, 0.29) is 18.5 Å². The summed E-state index contributed by atoms with van der Waals surface area (Å²) in [4.78, 5) is 0. The van der Waals surface area contributed by atoms with Gasteiger partial charge in [0.15, 0.2) is 6.29 Å². The second-order valence-corrected chi connectivity index (χ2v) is 3.44. The van der Waals surface area contributed by atoms with E-state index in [4.69, 9.17) is 18.9 Å². The molecule has 1 rings (SSSR count). The minimum Gasteiger partial charge on any atom is -0.376 e. The summed E-state index contributed by atoms with van der Waals surface area (Å²) in [7, 11) is 0. The summed E-state index contributed by atoms with van der Waals surface area (Å²) in [6.07, 6.45) is 0.766. The number of ether oxygens (including phenoxy) is 4. The van der Waals surface area contributed by atoms with Gasteiger partial charge in [-0.15, -0.1) is 0 Å². The Hall–Kier alpha value is -0.160. The average Bonchev–Trinajstić information content (AvgIpc) is 2.23. The number of hydrogen-bond donors (Lipinski definition) is 0. The van der Waals surface area contributed by atoms with Crippen LogP contribution in [0.5, 0.6) is 0 Å². The van der Waals surface area contributed by atoms with E-state index in [0.29, 0.717) is 26.4 Å². The van der Waals surface area contributed by atoms with Crippen LogP contribution in [0.15, 0.2) is 0 Å². The first-order chi connectivity index (χ1) is 7.31. The third kappa shape index (κ3) is 4.07. The Labute approximate surface area is 91.8 Å². The molecule has 3 atom stereocenters. The Bertz CT molecular complexity index is 163. The predicted octanol–water partition coefficient (Wildman–Crippen LogP) is 1.58. The first-order valence-corrected chi connectivity index (χ1v) is 5.78. The summed E-state index contributed by atoms with van der Waals surface area (Å²) in [6, 6.07) is 0. The van der Waals surface area contributed by atoms with Gasteiger partial charge in [0.05, 0.1) is 12.7 Å². The van der Waals surface area contributed by atoms with Crippen LogP contribution in [-0.4, -0.2) is 44.9 Å². The van der Waals surface area contributed by atoms with Crippen LogP contribution >= 0.6 is 0 Å². The van der Waals surface area contributed by atoms with Crippen LogP contribution < -0.4 is 0 Å². The molecule has 0 aromatic heterocycles. The zero-order valence-electron chi connectivity index (χ0n) is 9.90. The van der Waals surface area contributed by atoms with Crippen molar-refractivity contribution >= 4 is 0 Å². The zero-order chi connectivity index (χ0) is 11.1. The van der Waals surface area contributed by atoms with Gasteiger partial charge in [-0.3, -0.25) is 0 Å². The highest BCUT2D eigenvalue weighted by molar-refractivity contribution is 4.77. The van der Waals surface area contributed by atoms with Gasteiger partial charge in [0.1, 0.15) is 6.10 Å². The van der Waals surface area contributed by atoms with Crippen molar-refractivity contribution in [1.82, 2.24) is 0 Å². The fraction of sp³-hybridized carbons (Fsp3) is 1.00. The molecule has 1 fully saturated rings. The monoisotopic (exact) mass is 218 g/mol. The SMILES string of the molecule is CCOC1C[C@@H](OCC)[C@H](OCC)CO1. The van der Waals surface area contributed by atoms with Crippen molar-refractivity contribution in [2.75, 3.05) is 26.4 Å². The molecule has 0 amide bonds. The van der Waals surface area contributed by atoms with Crippen molar-refractivity contribution in [3.05, 3.63) is 0 Å². The van der Waals surface area contributed by atoms with Crippen LogP contribution in [0.4, 0.5) is 0 Å². The minimum absolute atomic E-state index is 0.0478. The maximum absolute atomic E-state index is 5.64. The van der Waals surface area contributed by atoms with E-state index < -0.39 is 0 Å². The summed E-state index contributed by atoms with van der Waals surface area (Å²) in [6.45, 7) is 8.56. The van der Waals surface area contributed by atoms with Crippen LogP contribution in [0.3, 0.4) is 0 Å². The molecular formula is C11H22O4. The Kier molecular flexibility index (Phi) is 6.17. The molecule has 4 nitrogen and oxygen atoms in total. The van der Waals surface area contributed by atoms with Crippen LogP contribution in [0.1, 0.15) is 27.2 Å². The van der Waals surface area contributed by atoms with Crippen molar-refractivity contribution in [3.63, 3.8) is 0 Å². The van der Waals surface area contributed by atoms with Gasteiger partial charge < -0.3 is 18.9 Å². The molecule has 4 heteroatoms. The Balaban J connectivity index is 2.41. The third-order valence-corrected chi connectivity index (χ3v) is 2.40. The van der Waals surface area contributed by atoms with E-state index in [1.165, 1.54) is 0 Å². The topological polar surface area (TPSA) is 36.9 Å². The summed E-state index contributed by atoms with van der Waals surface area (Å²) < 4.78 is 22.2. The van der Waals surface area contributed by atoms with Crippen LogP contribution in [0.25, 0.3) is 0 Å². The molecule has 0 aromatic rings. The Morgan fingerprint density at radius 3 is 2.13 bits per heavy atom. The molecule has 0 aliphatic carbocycles. The molecule has 0 radical (unpaired) electrons. The summed E-state index contributed by atoms with van der Waals surface area (Å²) in [5.41, 5.74) is 0. The molecule has 0 aromatic carbocycles. The molecule has 1 aliphatic heterocycles. The molecule has 90 valence electrons. The first-order valence-electron chi connectivity index (χ1n) is 5.78. The van der Waals surface area contributed by atoms with Gasteiger partial charge in [0, 0.05) is 26.2 Å². The van der Waals surface area contributed by atoms with Gasteiger partial charge in [-0.2, -0.15) is 0 Å². The average molecular weight is 218 g/mol. The molecule has 15 heavy (non-hydrogen) atoms. The van der Waals surface area contributed by atoms with Crippen molar-refractivity contribution in [2.45, 2.75) is 45.7 Å². The van der Waals surface area contributed by atoms with E-state index in [1.807, 2.05) is 20.8 Å². The van der Waals surface area contributed by atoms with E-state index in [1.54, 1.807) is 0 Å². The van der Waals surface area contributed by atoms with Gasteiger partial charge in [0.2, 0.25) is 0 Å². The third-order valence-electron chi connectivity index (χ3n) is 2.40. The largest absolute Gasteiger partial charge is 0.376 e. The highest BCUT2D eigenvalue weighted by Crippen LogP contribution is 2.20. The van der Waals surface area contributed by atoms with Crippen molar-refractivity contribution in [3.8, 4) is 0 Å². The van der Waals surface area contributed by atoms with Gasteiger partial charge in [0.25, 0.3) is 0 Å². The molecular weight excluding hydrogens is 196 g/mol. The van der Waals surface area contributed by atoms with Gasteiger partial charge in [-0.1, -0.05) is 0 Å². The van der Waals surface area contributed by atoms with E-state index in [0.717, 1.165) is 6.42 Å². The molecule has 1 heterocycles. The highest BCUT2D eigenvalue weighted by Gasteiger charge is 2.32. The lowest BCUT2D eigenvalue weighted by atomic mass is 10.1. The predicted molar refractivity (Wildman–Crippen MR) is 56.8 cm³/mol. The molecule has 0 bridgehead atoms. The molecule has 1 saturated heterocycles. The van der Waals surface area contributed by atoms with E-state index in [2.05, 4.69) is 0 Å². The zero-order valence-corrected chi connectivity index (χ0v) is 9.90. The smallest absolute Gasteiger partial charge is 0.160 e. The number of hydrogen-bond acceptors (Lipinski definition) is 4. The van der Waals surface area contributed by atoms with E-state index in [9.17, 15) is 0 Å². The van der Waals surface area contributed by atoms with Crippen molar-refractivity contribution < 1.29 is 18.9 Å². The second-order valence-electron chi connectivity index (χ2n) is 3.44. The summed E-state index contributed by atoms with van der Waals surface area (Å²) in [5, 5.41) is 0. The van der Waals surface area contributed by atoms with Gasteiger partial charge in [-0.05, 0) is 20.8 Å². The fourth-order valence-corrected chi connectivity index (χ4v) is 1.78.